The highest BCUT2D eigenvalue weighted by Crippen LogP contribution is 2.76. The molecule has 8 fully saturated rings. The number of carboxylic acids is 1. The number of carbonyl (C=O) groups excluding carboxylic acids is 3. The molecule has 0 radical (unpaired) electrons. The molecule has 4 saturated carbocycles. The van der Waals surface area contributed by atoms with Gasteiger partial charge in [-0.25, -0.2) is 9.59 Å². The molecule has 30 atom stereocenters. The molecule has 27 heteroatoms. The summed E-state index contributed by atoms with van der Waals surface area (Å²) in [5, 5.41) is 138. The van der Waals surface area contributed by atoms with Crippen molar-refractivity contribution in [1.29, 1.82) is 0 Å². The zero-order chi connectivity index (χ0) is 71.4. The van der Waals surface area contributed by atoms with Gasteiger partial charge in [-0.2, -0.15) is 0 Å². The number of aliphatic carboxylic acids is 1. The second kappa shape index (κ2) is 30.0. The van der Waals surface area contributed by atoms with Crippen molar-refractivity contribution in [2.75, 3.05) is 26.4 Å². The van der Waals surface area contributed by atoms with E-state index in [1.54, 1.807) is 19.1 Å². The maximum atomic E-state index is 13.7. The molecule has 4 aliphatic heterocycles. The Labute approximate surface area is 566 Å². The van der Waals surface area contributed by atoms with Crippen LogP contribution < -0.4 is 0 Å². The highest BCUT2D eigenvalue weighted by molar-refractivity contribution is 5.88. The highest BCUT2D eigenvalue weighted by Gasteiger charge is 2.76. The van der Waals surface area contributed by atoms with Gasteiger partial charge in [-0.3, -0.25) is 9.59 Å². The number of carbonyl (C=O) groups is 4. The van der Waals surface area contributed by atoms with E-state index in [1.165, 1.54) is 26.0 Å². The molecule has 5 aliphatic carbocycles. The molecule has 9 aliphatic rings. The SMILES string of the molecule is C/C=C(/C)C(=O)OC1C(OC2C(O)COC(OC3C(O)C(CO)OC(OC4C(O)C(CO)OC(OC5CCC6(C)C(CCC7(C)C6CC=C6C8CC(C)(C)C(O)C(OC(C)=O)C8(C(=O)O)C(O)CC67C)C5(C)C)C4O)C3O)C2O)OCC(O)C1OC(=O)/C=C/C=C/C=C/C(C)CC. The van der Waals surface area contributed by atoms with Crippen LogP contribution in [0.5, 0.6) is 0 Å². The fraction of sp³-hybridized carbons (Fsp3) is 0.800. The second-order valence-corrected chi connectivity index (χ2v) is 30.5. The van der Waals surface area contributed by atoms with Crippen molar-refractivity contribution < 1.29 is 133 Å². The fourth-order valence-electron chi connectivity index (χ4n) is 18.1. The van der Waals surface area contributed by atoms with Crippen molar-refractivity contribution >= 4 is 23.9 Å². The first-order chi connectivity index (χ1) is 45.5. The topological polar surface area (TPSA) is 413 Å². The summed E-state index contributed by atoms with van der Waals surface area (Å²) in [5.41, 5.74) is -4.10. The lowest BCUT2D eigenvalue weighted by Crippen LogP contribution is -2.73. The van der Waals surface area contributed by atoms with E-state index in [2.05, 4.69) is 40.7 Å². The summed E-state index contributed by atoms with van der Waals surface area (Å²) >= 11 is 0. The van der Waals surface area contributed by atoms with Crippen molar-refractivity contribution in [3.8, 4) is 0 Å². The number of carboxylic acid groups (broad SMARTS) is 1. The Morgan fingerprint density at radius 3 is 1.80 bits per heavy atom. The zero-order valence-electron chi connectivity index (χ0n) is 57.6. The van der Waals surface area contributed by atoms with Crippen molar-refractivity contribution in [2.45, 2.75) is 269 Å². The first kappa shape index (κ1) is 77.0. The van der Waals surface area contributed by atoms with Gasteiger partial charge in [0.25, 0.3) is 0 Å². The van der Waals surface area contributed by atoms with Crippen molar-refractivity contribution in [3.63, 3.8) is 0 Å². The third-order valence-corrected chi connectivity index (χ3v) is 24.1. The molecule has 12 N–H and O–H groups in total. The summed E-state index contributed by atoms with van der Waals surface area (Å²) in [6.07, 6.45) is -19.3. The van der Waals surface area contributed by atoms with Crippen LogP contribution in [0.3, 0.4) is 0 Å². The molecule has 27 nitrogen and oxygen atoms in total. The Kier molecular flexibility index (Phi) is 23.8. The van der Waals surface area contributed by atoms with Crippen LogP contribution in [0.4, 0.5) is 0 Å². The number of aliphatic hydroxyl groups is 11. The molecule has 0 bridgehead atoms. The first-order valence-electron chi connectivity index (χ1n) is 34.2. The molecule has 0 aromatic rings. The Morgan fingerprint density at radius 1 is 0.649 bits per heavy atom. The normalized spacial score (nSPS) is 46.2. The Morgan fingerprint density at radius 2 is 1.22 bits per heavy atom. The van der Waals surface area contributed by atoms with Gasteiger partial charge >= 0.3 is 23.9 Å². The van der Waals surface area contributed by atoms with Gasteiger partial charge in [-0.1, -0.05) is 117 Å². The van der Waals surface area contributed by atoms with E-state index in [9.17, 15) is 80.5 Å². The van der Waals surface area contributed by atoms with E-state index in [-0.39, 0.29) is 35.7 Å². The van der Waals surface area contributed by atoms with Crippen molar-refractivity contribution in [1.82, 2.24) is 0 Å². The summed E-state index contributed by atoms with van der Waals surface area (Å²) in [6, 6.07) is 0. The molecule has 0 aromatic heterocycles. The van der Waals surface area contributed by atoms with Gasteiger partial charge in [-0.05, 0) is 104 Å². The average Bonchev–Trinajstić information content (AvgIpc) is 0.667. The number of aliphatic hydroxyl groups excluding tert-OH is 11. The van der Waals surface area contributed by atoms with Gasteiger partial charge in [0.05, 0.1) is 44.7 Å². The van der Waals surface area contributed by atoms with E-state index in [0.29, 0.717) is 38.0 Å². The number of hydrogen-bond donors (Lipinski definition) is 12. The van der Waals surface area contributed by atoms with Gasteiger partial charge in [0.1, 0.15) is 84.8 Å². The number of allylic oxidation sites excluding steroid dienone is 8. The Hall–Kier alpha value is -4.18. The molecule has 0 spiro atoms. The molecule has 9 rings (SSSR count). The van der Waals surface area contributed by atoms with Crippen LogP contribution in [0.15, 0.2) is 59.8 Å². The quantitative estimate of drug-likeness (QED) is 0.0207. The fourth-order valence-corrected chi connectivity index (χ4v) is 18.1. The van der Waals surface area contributed by atoms with E-state index < -0.39 is 218 Å². The maximum absolute atomic E-state index is 13.7. The number of esters is 3. The van der Waals surface area contributed by atoms with E-state index in [1.807, 2.05) is 39.8 Å². The molecular weight excluding hydrogens is 1270 g/mol. The predicted molar refractivity (Wildman–Crippen MR) is 339 cm³/mol. The minimum absolute atomic E-state index is 0.0131. The third-order valence-electron chi connectivity index (χ3n) is 24.1. The molecular formula is C70H106O27. The van der Waals surface area contributed by atoms with Crippen LogP contribution in [-0.2, 0) is 71.3 Å². The minimum atomic E-state index is -2.08. The summed E-state index contributed by atoms with van der Waals surface area (Å²) < 4.78 is 65.6. The van der Waals surface area contributed by atoms with Crippen LogP contribution in [0.25, 0.3) is 0 Å². The average molecular weight is 1380 g/mol. The lowest BCUT2D eigenvalue weighted by Gasteiger charge is -2.72. The molecule has 97 heavy (non-hydrogen) atoms. The summed E-state index contributed by atoms with van der Waals surface area (Å²) in [7, 11) is 0. The third kappa shape index (κ3) is 14.1. The van der Waals surface area contributed by atoms with Crippen LogP contribution in [-0.4, -0.2) is 247 Å². The van der Waals surface area contributed by atoms with Gasteiger partial charge in [0, 0.05) is 24.5 Å². The lowest BCUT2D eigenvalue weighted by molar-refractivity contribution is -0.385. The Balaban J connectivity index is 0.891. The summed E-state index contributed by atoms with van der Waals surface area (Å²) in [5.74, 6) is -4.38. The molecule has 0 amide bonds. The summed E-state index contributed by atoms with van der Waals surface area (Å²) in [4.78, 5) is 52.8. The van der Waals surface area contributed by atoms with Crippen LogP contribution in [0.1, 0.15) is 134 Å². The highest BCUT2D eigenvalue weighted by atomic mass is 16.8. The number of hydrogen-bond acceptors (Lipinski definition) is 26. The van der Waals surface area contributed by atoms with Crippen molar-refractivity contribution in [2.24, 2.45) is 56.2 Å². The minimum Gasteiger partial charge on any atom is -0.481 e. The number of rotatable bonds is 20. The number of fused-ring (bicyclic) bond motifs is 7. The molecule has 4 saturated heterocycles. The van der Waals surface area contributed by atoms with E-state index >= 15 is 0 Å². The largest absolute Gasteiger partial charge is 0.481 e. The van der Waals surface area contributed by atoms with Crippen LogP contribution in [0.2, 0.25) is 0 Å². The zero-order valence-corrected chi connectivity index (χ0v) is 57.6. The molecule has 4 heterocycles. The monoisotopic (exact) mass is 1380 g/mol. The van der Waals surface area contributed by atoms with Gasteiger partial charge < -0.3 is 113 Å². The molecule has 0 aromatic carbocycles. The predicted octanol–water partition coefficient (Wildman–Crippen LogP) is 2.07. The van der Waals surface area contributed by atoms with E-state index in [0.717, 1.165) is 18.1 Å². The van der Waals surface area contributed by atoms with Crippen LogP contribution in [0, 0.1) is 56.2 Å². The maximum Gasteiger partial charge on any atom is 0.333 e. The second-order valence-electron chi connectivity index (χ2n) is 30.5. The van der Waals surface area contributed by atoms with Gasteiger partial charge in [-0.15, -0.1) is 0 Å². The standard InChI is InChI=1S/C70H106O27/c1-13-33(3)19-17-15-16-18-20-46(77)93-53-39(75)32-88-63(56(53)94-59(84)34(4)14-2)95-52-38(74)31-87-60(49(52)80)96-54-47(78)41(30-72)91-62(51(54)82)97-55-48(79)40(29-71)90-61(50(55)81)92-45-24-25-67(10)42(66(45,8)9)23-26-68(11)43(67)22-21-36-37-27-65(6,7)57(83)58(89-35(5)73)70(37,64(85)86)44(76)28-69(36,68)12/h14-21,33,37-45,47-58,60-63,71-72,74-76,78-83H,13,22-32H2,1-12H3,(H,85,86)/b16-15+,19-17+,20-18+,34-14-. The molecule has 30 unspecified atom stereocenters. The number of ether oxygens (including phenoxy) is 11. The van der Waals surface area contributed by atoms with Crippen LogP contribution >= 0.6 is 0 Å². The van der Waals surface area contributed by atoms with Gasteiger partial charge in [0.2, 0.25) is 0 Å². The van der Waals surface area contributed by atoms with Gasteiger partial charge in [0.15, 0.2) is 37.4 Å². The lowest BCUT2D eigenvalue weighted by atomic mass is 9.33. The molecule has 548 valence electrons. The van der Waals surface area contributed by atoms with E-state index in [4.69, 9.17) is 52.1 Å². The Bertz CT molecular complexity index is 2950. The van der Waals surface area contributed by atoms with Crippen molar-refractivity contribution in [3.05, 3.63) is 59.8 Å². The summed E-state index contributed by atoms with van der Waals surface area (Å²) in [6.45, 7) is 19.9. The smallest absolute Gasteiger partial charge is 0.333 e. The first-order valence-corrected chi connectivity index (χ1v) is 34.2.